The molecule has 0 heterocycles. The van der Waals surface area contributed by atoms with Gasteiger partial charge in [0.1, 0.15) is 0 Å². The first-order valence-corrected chi connectivity index (χ1v) is 4.75. The third-order valence-electron chi connectivity index (χ3n) is 1.95. The van der Waals surface area contributed by atoms with Crippen LogP contribution in [0.5, 0.6) is 0 Å². The van der Waals surface area contributed by atoms with Crippen LogP contribution in [0.25, 0.3) is 0 Å². The zero-order valence-corrected chi connectivity index (χ0v) is 8.87. The van der Waals surface area contributed by atoms with E-state index >= 15 is 0 Å². The van der Waals surface area contributed by atoms with E-state index in [2.05, 4.69) is 5.43 Å². The van der Waals surface area contributed by atoms with Crippen molar-refractivity contribution in [3.63, 3.8) is 0 Å². The van der Waals surface area contributed by atoms with Crippen molar-refractivity contribution in [1.82, 2.24) is 5.43 Å². The molecule has 1 aromatic carbocycles. The van der Waals surface area contributed by atoms with Gasteiger partial charge in [-0.05, 0) is 26.0 Å². The van der Waals surface area contributed by atoms with Crippen LogP contribution < -0.4 is 10.4 Å². The number of benzene rings is 1. The van der Waals surface area contributed by atoms with Crippen molar-refractivity contribution in [3.8, 4) is 0 Å². The summed E-state index contributed by atoms with van der Waals surface area (Å²) >= 11 is 0. The van der Waals surface area contributed by atoms with E-state index in [1.54, 1.807) is 0 Å². The number of nitrogens with one attached hydrogen (secondary N) is 1. The highest BCUT2D eigenvalue weighted by Crippen LogP contribution is 2.12. The van der Waals surface area contributed by atoms with Crippen molar-refractivity contribution < 1.29 is 4.79 Å². The van der Waals surface area contributed by atoms with E-state index in [4.69, 9.17) is 0 Å². The third kappa shape index (κ3) is 2.76. The number of aryl methyl sites for hydroxylation is 1. The average molecular weight is 192 g/mol. The lowest BCUT2D eigenvalue weighted by Crippen LogP contribution is -2.40. The van der Waals surface area contributed by atoms with Gasteiger partial charge >= 0.3 is 0 Å². The van der Waals surface area contributed by atoms with Gasteiger partial charge in [-0.1, -0.05) is 17.7 Å². The third-order valence-corrected chi connectivity index (χ3v) is 1.95. The molecular weight excluding hydrogens is 176 g/mol. The van der Waals surface area contributed by atoms with Gasteiger partial charge in [-0.25, -0.2) is 0 Å². The summed E-state index contributed by atoms with van der Waals surface area (Å²) in [5, 5.41) is 1.82. The van der Waals surface area contributed by atoms with Gasteiger partial charge < -0.3 is 0 Å². The molecule has 0 unspecified atom stereocenters. The fourth-order valence-electron chi connectivity index (χ4n) is 1.24. The highest BCUT2D eigenvalue weighted by atomic mass is 16.2. The second-order valence-electron chi connectivity index (χ2n) is 3.25. The van der Waals surface area contributed by atoms with Crippen molar-refractivity contribution in [2.24, 2.45) is 0 Å². The molecule has 1 N–H and O–H groups in total. The molecule has 14 heavy (non-hydrogen) atoms. The summed E-state index contributed by atoms with van der Waals surface area (Å²) in [7, 11) is 0. The molecule has 0 atom stereocenters. The minimum atomic E-state index is -0.0487. The van der Waals surface area contributed by atoms with Crippen molar-refractivity contribution in [2.45, 2.75) is 20.8 Å². The van der Waals surface area contributed by atoms with Crippen molar-refractivity contribution in [1.29, 1.82) is 0 Å². The topological polar surface area (TPSA) is 32.3 Å². The molecule has 0 aliphatic rings. The molecule has 0 aliphatic carbocycles. The molecule has 0 radical (unpaired) electrons. The van der Waals surface area contributed by atoms with Crippen molar-refractivity contribution in [2.75, 3.05) is 11.6 Å². The lowest BCUT2D eigenvalue weighted by atomic mass is 10.2. The maximum atomic E-state index is 10.9. The van der Waals surface area contributed by atoms with E-state index in [-0.39, 0.29) is 5.91 Å². The monoisotopic (exact) mass is 192 g/mol. The second kappa shape index (κ2) is 4.65. The Morgan fingerprint density at radius 1 is 1.36 bits per heavy atom. The molecule has 0 aromatic heterocycles. The number of amides is 1. The van der Waals surface area contributed by atoms with Crippen LogP contribution in [-0.4, -0.2) is 12.5 Å². The summed E-state index contributed by atoms with van der Waals surface area (Å²) in [5.41, 5.74) is 4.98. The average Bonchev–Trinajstić information content (AvgIpc) is 2.15. The first-order valence-electron chi connectivity index (χ1n) is 4.75. The largest absolute Gasteiger partial charge is 0.286 e. The molecule has 0 saturated heterocycles. The Labute approximate surface area is 84.7 Å². The zero-order valence-electron chi connectivity index (χ0n) is 8.87. The van der Waals surface area contributed by atoms with Crippen LogP contribution in [0.3, 0.4) is 0 Å². The molecule has 1 rings (SSSR count). The molecular formula is C11H16N2O. The summed E-state index contributed by atoms with van der Waals surface area (Å²) in [6, 6.07) is 8.04. The zero-order chi connectivity index (χ0) is 10.6. The van der Waals surface area contributed by atoms with Crippen molar-refractivity contribution >= 4 is 11.6 Å². The van der Waals surface area contributed by atoms with Crippen LogP contribution in [0.2, 0.25) is 0 Å². The Morgan fingerprint density at radius 3 is 2.36 bits per heavy atom. The lowest BCUT2D eigenvalue weighted by Gasteiger charge is -2.22. The standard InChI is InChI=1S/C11H16N2O/c1-4-13(12-10(3)14)11-7-5-9(2)6-8-11/h5-8H,4H2,1-3H3,(H,12,14). The Morgan fingerprint density at radius 2 is 1.93 bits per heavy atom. The molecule has 76 valence electrons. The summed E-state index contributed by atoms with van der Waals surface area (Å²) in [6.07, 6.45) is 0. The predicted octanol–water partition coefficient (Wildman–Crippen LogP) is 1.87. The maximum absolute atomic E-state index is 10.9. The molecule has 0 bridgehead atoms. The fourth-order valence-corrected chi connectivity index (χ4v) is 1.24. The summed E-state index contributed by atoms with van der Waals surface area (Å²) in [5.74, 6) is -0.0487. The van der Waals surface area contributed by atoms with Crippen LogP contribution in [-0.2, 0) is 4.79 Å². The van der Waals surface area contributed by atoms with E-state index < -0.39 is 0 Å². The predicted molar refractivity (Wildman–Crippen MR) is 58.0 cm³/mol. The second-order valence-corrected chi connectivity index (χ2v) is 3.25. The Bertz CT molecular complexity index is 306. The number of hydrazine groups is 1. The lowest BCUT2D eigenvalue weighted by molar-refractivity contribution is -0.119. The van der Waals surface area contributed by atoms with Gasteiger partial charge in [-0.3, -0.25) is 15.2 Å². The molecule has 0 saturated carbocycles. The van der Waals surface area contributed by atoms with Gasteiger partial charge in [0.15, 0.2) is 0 Å². The number of hydrogen-bond donors (Lipinski definition) is 1. The maximum Gasteiger partial charge on any atom is 0.235 e. The van der Waals surface area contributed by atoms with Crippen LogP contribution in [0.15, 0.2) is 24.3 Å². The van der Waals surface area contributed by atoms with Gasteiger partial charge in [0.2, 0.25) is 5.91 Å². The first-order chi connectivity index (χ1) is 6.63. The van der Waals surface area contributed by atoms with E-state index in [1.165, 1.54) is 12.5 Å². The first kappa shape index (κ1) is 10.6. The summed E-state index contributed by atoms with van der Waals surface area (Å²) in [6.45, 7) is 6.30. The van der Waals surface area contributed by atoms with Gasteiger partial charge in [-0.2, -0.15) is 0 Å². The van der Waals surface area contributed by atoms with Gasteiger partial charge in [0.25, 0.3) is 0 Å². The van der Waals surface area contributed by atoms with E-state index in [1.807, 2.05) is 43.1 Å². The van der Waals surface area contributed by atoms with Crippen LogP contribution >= 0.6 is 0 Å². The smallest absolute Gasteiger partial charge is 0.235 e. The number of anilines is 1. The minimum absolute atomic E-state index is 0.0487. The number of carbonyl (C=O) groups is 1. The fraction of sp³-hybridized carbons (Fsp3) is 0.364. The molecule has 0 spiro atoms. The molecule has 0 fully saturated rings. The quantitative estimate of drug-likeness (QED) is 0.741. The van der Waals surface area contributed by atoms with Crippen molar-refractivity contribution in [3.05, 3.63) is 29.8 Å². The number of carbonyl (C=O) groups excluding carboxylic acids is 1. The van der Waals surface area contributed by atoms with Gasteiger partial charge in [-0.15, -0.1) is 0 Å². The van der Waals surface area contributed by atoms with E-state index in [0.29, 0.717) is 0 Å². The van der Waals surface area contributed by atoms with Crippen LogP contribution in [0.1, 0.15) is 19.4 Å². The van der Waals surface area contributed by atoms with Gasteiger partial charge in [0, 0.05) is 13.5 Å². The highest BCUT2D eigenvalue weighted by molar-refractivity contribution is 5.75. The number of rotatable bonds is 3. The van der Waals surface area contributed by atoms with Gasteiger partial charge in [0.05, 0.1) is 5.69 Å². The highest BCUT2D eigenvalue weighted by Gasteiger charge is 2.03. The molecule has 1 amide bonds. The molecule has 3 nitrogen and oxygen atoms in total. The van der Waals surface area contributed by atoms with E-state index in [9.17, 15) is 4.79 Å². The minimum Gasteiger partial charge on any atom is -0.286 e. The molecule has 0 aliphatic heterocycles. The van der Waals surface area contributed by atoms with Crippen LogP contribution in [0, 0.1) is 6.92 Å². The van der Waals surface area contributed by atoms with E-state index in [0.717, 1.165) is 12.2 Å². The SMILES string of the molecule is CCN(NC(C)=O)c1ccc(C)cc1. The molecule has 1 aromatic rings. The summed E-state index contributed by atoms with van der Waals surface area (Å²) < 4.78 is 0. The Hall–Kier alpha value is -1.51. The number of hydrogen-bond acceptors (Lipinski definition) is 2. The Kier molecular flexibility index (Phi) is 3.51. The summed E-state index contributed by atoms with van der Waals surface area (Å²) in [4.78, 5) is 10.9. The normalized spacial score (nSPS) is 9.64. The van der Waals surface area contributed by atoms with Crippen LogP contribution in [0.4, 0.5) is 5.69 Å². The Balaban J connectivity index is 2.78. The number of nitrogens with zero attached hydrogens (tertiary/aromatic N) is 1. The molecule has 3 heteroatoms.